The van der Waals surface area contributed by atoms with Gasteiger partial charge in [0.2, 0.25) is 0 Å². The highest BCUT2D eigenvalue weighted by molar-refractivity contribution is 5.72. The third-order valence-electron chi connectivity index (χ3n) is 4.26. The van der Waals surface area contributed by atoms with Crippen LogP contribution in [0, 0.1) is 5.92 Å². The molecule has 112 valence electrons. The van der Waals surface area contributed by atoms with Crippen molar-refractivity contribution >= 4 is 5.97 Å². The Morgan fingerprint density at radius 1 is 1.37 bits per heavy atom. The minimum Gasteiger partial charge on any atom is -0.466 e. The van der Waals surface area contributed by atoms with Crippen LogP contribution < -0.4 is 5.73 Å². The summed E-state index contributed by atoms with van der Waals surface area (Å²) in [6, 6.07) is 0.262. The molecule has 1 fully saturated rings. The molecule has 2 N–H and O–H groups in total. The van der Waals surface area contributed by atoms with Gasteiger partial charge in [0.25, 0.3) is 0 Å². The highest BCUT2D eigenvalue weighted by atomic mass is 16.5. The lowest BCUT2D eigenvalue weighted by atomic mass is 9.88. The summed E-state index contributed by atoms with van der Waals surface area (Å²) in [5.74, 6) is 0.0667. The number of hydrogen-bond donors (Lipinski definition) is 1. The van der Waals surface area contributed by atoms with Gasteiger partial charge in [0.1, 0.15) is 0 Å². The van der Waals surface area contributed by atoms with Crippen molar-refractivity contribution in [1.82, 2.24) is 4.90 Å². The molecule has 0 radical (unpaired) electrons. The first-order chi connectivity index (χ1) is 8.90. The molecule has 0 aromatic carbocycles. The SMILES string of the molecule is CCOC(=O)C1CCN(C(C)(C)CC(N)CC)CC1. The molecular formula is C15H30N2O2. The smallest absolute Gasteiger partial charge is 0.309 e. The molecule has 1 heterocycles. The van der Waals surface area contributed by atoms with Crippen LogP contribution in [-0.2, 0) is 9.53 Å². The Hall–Kier alpha value is -0.610. The van der Waals surface area contributed by atoms with Gasteiger partial charge in [-0.1, -0.05) is 6.92 Å². The Labute approximate surface area is 117 Å². The molecule has 0 aromatic heterocycles. The Kier molecular flexibility index (Phi) is 6.27. The maximum absolute atomic E-state index is 11.7. The van der Waals surface area contributed by atoms with Crippen molar-refractivity contribution < 1.29 is 9.53 Å². The first kappa shape index (κ1) is 16.4. The van der Waals surface area contributed by atoms with E-state index in [-0.39, 0.29) is 23.5 Å². The molecule has 1 aliphatic heterocycles. The van der Waals surface area contributed by atoms with Crippen molar-refractivity contribution in [3.63, 3.8) is 0 Å². The fraction of sp³-hybridized carbons (Fsp3) is 0.933. The molecule has 1 saturated heterocycles. The minimum absolute atomic E-state index is 0.0229. The molecule has 4 heteroatoms. The van der Waals surface area contributed by atoms with Crippen LogP contribution in [0.2, 0.25) is 0 Å². The summed E-state index contributed by atoms with van der Waals surface area (Å²) in [4.78, 5) is 14.2. The normalized spacial score (nSPS) is 20.3. The second-order valence-electron chi connectivity index (χ2n) is 6.20. The molecule has 0 amide bonds. The lowest BCUT2D eigenvalue weighted by Crippen LogP contribution is -2.51. The van der Waals surface area contributed by atoms with Crippen molar-refractivity contribution in [3.8, 4) is 0 Å². The summed E-state index contributed by atoms with van der Waals surface area (Å²) >= 11 is 0. The fourth-order valence-corrected chi connectivity index (χ4v) is 2.90. The Morgan fingerprint density at radius 2 is 1.95 bits per heavy atom. The second-order valence-corrected chi connectivity index (χ2v) is 6.20. The number of likely N-dealkylation sites (tertiary alicyclic amines) is 1. The van der Waals surface area contributed by atoms with Crippen molar-refractivity contribution in [2.75, 3.05) is 19.7 Å². The molecule has 0 spiro atoms. The maximum atomic E-state index is 11.7. The van der Waals surface area contributed by atoms with Crippen LogP contribution in [0.25, 0.3) is 0 Å². The zero-order valence-electron chi connectivity index (χ0n) is 12.9. The van der Waals surface area contributed by atoms with E-state index in [2.05, 4.69) is 25.7 Å². The van der Waals surface area contributed by atoms with Crippen molar-refractivity contribution in [2.24, 2.45) is 11.7 Å². The summed E-state index contributed by atoms with van der Waals surface area (Å²) in [6.07, 6.45) is 3.84. The summed E-state index contributed by atoms with van der Waals surface area (Å²) in [5, 5.41) is 0. The highest BCUT2D eigenvalue weighted by Crippen LogP contribution is 2.28. The van der Waals surface area contributed by atoms with Crippen molar-refractivity contribution in [3.05, 3.63) is 0 Å². The highest BCUT2D eigenvalue weighted by Gasteiger charge is 2.34. The lowest BCUT2D eigenvalue weighted by molar-refractivity contribution is -0.150. The van der Waals surface area contributed by atoms with E-state index in [1.807, 2.05) is 6.92 Å². The number of carbonyl (C=O) groups is 1. The molecule has 1 unspecified atom stereocenters. The van der Waals surface area contributed by atoms with E-state index in [1.165, 1.54) is 0 Å². The Morgan fingerprint density at radius 3 is 2.42 bits per heavy atom. The van der Waals surface area contributed by atoms with E-state index in [4.69, 9.17) is 10.5 Å². The van der Waals surface area contributed by atoms with Gasteiger partial charge in [-0.05, 0) is 59.5 Å². The van der Waals surface area contributed by atoms with Gasteiger partial charge in [-0.25, -0.2) is 0 Å². The number of piperidine rings is 1. The largest absolute Gasteiger partial charge is 0.466 e. The zero-order valence-corrected chi connectivity index (χ0v) is 12.9. The third kappa shape index (κ3) is 4.77. The van der Waals surface area contributed by atoms with E-state index in [1.54, 1.807) is 0 Å². The molecule has 4 nitrogen and oxygen atoms in total. The average molecular weight is 270 g/mol. The van der Waals surface area contributed by atoms with Gasteiger partial charge in [-0.15, -0.1) is 0 Å². The average Bonchev–Trinajstić information content (AvgIpc) is 2.38. The van der Waals surface area contributed by atoms with Crippen LogP contribution in [0.5, 0.6) is 0 Å². The summed E-state index contributed by atoms with van der Waals surface area (Å²) in [6.45, 7) is 10.9. The molecule has 1 aliphatic rings. The number of carbonyl (C=O) groups excluding carboxylic acids is 1. The van der Waals surface area contributed by atoms with Gasteiger partial charge in [0, 0.05) is 11.6 Å². The van der Waals surface area contributed by atoms with Gasteiger partial charge in [0.05, 0.1) is 12.5 Å². The number of ether oxygens (including phenoxy) is 1. The van der Waals surface area contributed by atoms with E-state index in [0.717, 1.165) is 38.8 Å². The lowest BCUT2D eigenvalue weighted by Gasteiger charge is -2.43. The van der Waals surface area contributed by atoms with Gasteiger partial charge in [0.15, 0.2) is 0 Å². The molecule has 19 heavy (non-hydrogen) atoms. The van der Waals surface area contributed by atoms with Crippen LogP contribution in [-0.4, -0.2) is 42.1 Å². The van der Waals surface area contributed by atoms with E-state index in [0.29, 0.717) is 6.61 Å². The minimum atomic E-state index is -0.0229. The van der Waals surface area contributed by atoms with Gasteiger partial charge in [-0.3, -0.25) is 9.69 Å². The molecule has 1 atom stereocenters. The fourth-order valence-electron chi connectivity index (χ4n) is 2.90. The van der Waals surface area contributed by atoms with E-state index < -0.39 is 0 Å². The molecule has 0 aliphatic carbocycles. The van der Waals surface area contributed by atoms with Crippen LogP contribution in [0.1, 0.15) is 53.4 Å². The standard InChI is InChI=1S/C15H30N2O2/c1-5-13(16)11-15(3,4)17-9-7-12(8-10-17)14(18)19-6-2/h12-13H,5-11,16H2,1-4H3. The maximum Gasteiger partial charge on any atom is 0.309 e. The summed E-state index contributed by atoms with van der Waals surface area (Å²) < 4.78 is 5.11. The molecule has 1 rings (SSSR count). The summed E-state index contributed by atoms with van der Waals surface area (Å²) in [7, 11) is 0. The first-order valence-corrected chi connectivity index (χ1v) is 7.58. The van der Waals surface area contributed by atoms with Crippen LogP contribution in [0.4, 0.5) is 0 Å². The third-order valence-corrected chi connectivity index (χ3v) is 4.26. The van der Waals surface area contributed by atoms with Gasteiger partial charge >= 0.3 is 5.97 Å². The summed E-state index contributed by atoms with van der Waals surface area (Å²) in [5.41, 5.74) is 6.20. The second kappa shape index (κ2) is 7.25. The quantitative estimate of drug-likeness (QED) is 0.752. The van der Waals surface area contributed by atoms with Crippen LogP contribution >= 0.6 is 0 Å². The monoisotopic (exact) mass is 270 g/mol. The van der Waals surface area contributed by atoms with E-state index in [9.17, 15) is 4.79 Å². The van der Waals surface area contributed by atoms with Gasteiger partial charge in [-0.2, -0.15) is 0 Å². The zero-order chi connectivity index (χ0) is 14.5. The van der Waals surface area contributed by atoms with Crippen molar-refractivity contribution in [2.45, 2.75) is 65.0 Å². The van der Waals surface area contributed by atoms with Crippen molar-refractivity contribution in [1.29, 1.82) is 0 Å². The van der Waals surface area contributed by atoms with Gasteiger partial charge < -0.3 is 10.5 Å². The molecule has 0 aromatic rings. The molecule has 0 saturated carbocycles. The number of nitrogens with two attached hydrogens (primary N) is 1. The number of rotatable bonds is 6. The Balaban J connectivity index is 2.46. The molecule has 0 bridgehead atoms. The number of esters is 1. The Bertz CT molecular complexity index is 284. The van der Waals surface area contributed by atoms with Crippen LogP contribution in [0.15, 0.2) is 0 Å². The van der Waals surface area contributed by atoms with Crippen LogP contribution in [0.3, 0.4) is 0 Å². The number of nitrogens with zero attached hydrogens (tertiary/aromatic N) is 1. The molecular weight excluding hydrogens is 240 g/mol. The topological polar surface area (TPSA) is 55.6 Å². The first-order valence-electron chi connectivity index (χ1n) is 7.58. The predicted molar refractivity (Wildman–Crippen MR) is 77.9 cm³/mol. The predicted octanol–water partition coefficient (Wildman–Crippen LogP) is 2.17. The number of hydrogen-bond acceptors (Lipinski definition) is 4. The van der Waals surface area contributed by atoms with E-state index >= 15 is 0 Å².